The van der Waals surface area contributed by atoms with Crippen molar-refractivity contribution in [1.29, 1.82) is 0 Å². The summed E-state index contributed by atoms with van der Waals surface area (Å²) in [5.74, 6) is 0. The number of hydrogen-bond acceptors (Lipinski definition) is 4. The van der Waals surface area contributed by atoms with Crippen molar-refractivity contribution in [2.45, 2.75) is 10.1 Å². The lowest BCUT2D eigenvalue weighted by molar-refractivity contribution is 0.112. The Labute approximate surface area is 106 Å². The number of benzene rings is 1. The molecule has 17 heavy (non-hydrogen) atoms. The van der Waals surface area contributed by atoms with Crippen LogP contribution in [0.15, 0.2) is 33.0 Å². The molecule has 5 nitrogen and oxygen atoms in total. The van der Waals surface area contributed by atoms with Gasteiger partial charge < -0.3 is 0 Å². The lowest BCUT2D eigenvalue weighted by Gasteiger charge is -2.03. The highest BCUT2D eigenvalue weighted by molar-refractivity contribution is 7.99. The molecule has 1 aromatic carbocycles. The maximum absolute atomic E-state index is 11.2. The minimum absolute atomic E-state index is 0.304. The van der Waals surface area contributed by atoms with Crippen LogP contribution < -0.4 is 5.69 Å². The number of nitrogens with zero attached hydrogens (tertiary/aromatic N) is 2. The van der Waals surface area contributed by atoms with E-state index in [1.807, 2.05) is 0 Å². The Morgan fingerprint density at radius 2 is 2.29 bits per heavy atom. The Morgan fingerprint density at radius 1 is 1.53 bits per heavy atom. The third-order valence-corrected chi connectivity index (χ3v) is 3.50. The Morgan fingerprint density at radius 3 is 2.88 bits per heavy atom. The lowest BCUT2D eigenvalue weighted by atomic mass is 10.2. The summed E-state index contributed by atoms with van der Waals surface area (Å²) in [6.45, 7) is 0. The van der Waals surface area contributed by atoms with Gasteiger partial charge in [0.1, 0.15) is 0 Å². The molecule has 1 aromatic heterocycles. The number of aromatic amines is 1. The average Bonchev–Trinajstić information content (AvgIpc) is 2.61. The Hall–Kier alpha value is -1.53. The van der Waals surface area contributed by atoms with Crippen molar-refractivity contribution in [2.75, 3.05) is 0 Å². The van der Waals surface area contributed by atoms with Crippen LogP contribution in [0.4, 0.5) is 0 Å². The molecule has 0 saturated carbocycles. The van der Waals surface area contributed by atoms with Crippen molar-refractivity contribution in [3.63, 3.8) is 0 Å². The molecule has 0 amide bonds. The van der Waals surface area contributed by atoms with Crippen molar-refractivity contribution in [2.24, 2.45) is 7.05 Å². The molecule has 88 valence electrons. The number of aldehydes is 1. The first kappa shape index (κ1) is 11.9. The Bertz CT molecular complexity index is 620. The van der Waals surface area contributed by atoms with Gasteiger partial charge in [0.25, 0.3) is 0 Å². The topological polar surface area (TPSA) is 67.8 Å². The molecule has 0 saturated heterocycles. The monoisotopic (exact) mass is 269 g/mol. The molecule has 0 fully saturated rings. The van der Waals surface area contributed by atoms with E-state index in [0.29, 0.717) is 20.6 Å². The van der Waals surface area contributed by atoms with Gasteiger partial charge in [-0.2, -0.15) is 0 Å². The zero-order chi connectivity index (χ0) is 12.4. The van der Waals surface area contributed by atoms with Crippen LogP contribution in [0, 0.1) is 0 Å². The van der Waals surface area contributed by atoms with Crippen molar-refractivity contribution in [3.05, 3.63) is 39.3 Å². The van der Waals surface area contributed by atoms with Crippen molar-refractivity contribution >= 4 is 29.6 Å². The first-order chi connectivity index (χ1) is 8.11. The van der Waals surface area contributed by atoms with Gasteiger partial charge in [0.2, 0.25) is 0 Å². The van der Waals surface area contributed by atoms with Crippen molar-refractivity contribution < 1.29 is 4.79 Å². The molecule has 0 unspecified atom stereocenters. The quantitative estimate of drug-likeness (QED) is 0.862. The van der Waals surface area contributed by atoms with E-state index in [1.165, 1.54) is 16.3 Å². The van der Waals surface area contributed by atoms with Gasteiger partial charge in [0, 0.05) is 22.5 Å². The van der Waals surface area contributed by atoms with E-state index < -0.39 is 0 Å². The maximum atomic E-state index is 11.2. The van der Waals surface area contributed by atoms with E-state index in [0.717, 1.165) is 6.29 Å². The van der Waals surface area contributed by atoms with E-state index >= 15 is 0 Å². The van der Waals surface area contributed by atoms with Crippen molar-refractivity contribution in [1.82, 2.24) is 14.8 Å². The summed E-state index contributed by atoms with van der Waals surface area (Å²) in [7, 11) is 1.60. The molecule has 0 bridgehead atoms. The fourth-order valence-corrected chi connectivity index (χ4v) is 2.38. The van der Waals surface area contributed by atoms with Gasteiger partial charge in [0.05, 0.1) is 0 Å². The Balaban J connectivity index is 2.42. The van der Waals surface area contributed by atoms with Crippen LogP contribution in [-0.4, -0.2) is 21.1 Å². The third kappa shape index (κ3) is 2.42. The normalized spacial score (nSPS) is 10.5. The molecule has 1 N–H and O–H groups in total. The molecule has 1 heterocycles. The second-order valence-corrected chi connectivity index (χ2v) is 4.72. The van der Waals surface area contributed by atoms with Gasteiger partial charge in [-0.1, -0.05) is 11.6 Å². The predicted octanol–water partition coefficient (Wildman–Crippen LogP) is 1.73. The summed E-state index contributed by atoms with van der Waals surface area (Å²) in [4.78, 5) is 22.7. The van der Waals surface area contributed by atoms with Gasteiger partial charge in [-0.05, 0) is 30.0 Å². The molecule has 2 aromatic rings. The first-order valence-corrected chi connectivity index (χ1v) is 5.85. The average molecular weight is 270 g/mol. The van der Waals surface area contributed by atoms with E-state index in [1.54, 1.807) is 25.2 Å². The molecule has 0 aliphatic carbocycles. The van der Waals surface area contributed by atoms with E-state index in [-0.39, 0.29) is 5.69 Å². The standard InChI is InChI=1S/C10H8ClN3O2S/c1-14-9(16)12-13-10(14)17-8-4-7(11)3-2-6(8)5-15/h2-5H,1H3,(H,12,16). The van der Waals surface area contributed by atoms with Crippen LogP contribution in [0.25, 0.3) is 0 Å². The third-order valence-electron chi connectivity index (χ3n) is 2.14. The van der Waals surface area contributed by atoms with E-state index in [4.69, 9.17) is 11.6 Å². The smallest absolute Gasteiger partial charge is 0.298 e. The molecule has 7 heteroatoms. The number of nitrogens with one attached hydrogen (secondary N) is 1. The molecule has 0 atom stereocenters. The largest absolute Gasteiger partial charge is 0.343 e. The minimum atomic E-state index is -0.304. The summed E-state index contributed by atoms with van der Waals surface area (Å²) >= 11 is 7.06. The lowest BCUT2D eigenvalue weighted by Crippen LogP contribution is -2.12. The molecule has 2 rings (SSSR count). The highest BCUT2D eigenvalue weighted by atomic mass is 35.5. The highest BCUT2D eigenvalue weighted by Gasteiger charge is 2.10. The number of carbonyl (C=O) groups excluding carboxylic acids is 1. The van der Waals surface area contributed by atoms with Gasteiger partial charge in [-0.3, -0.25) is 9.36 Å². The van der Waals surface area contributed by atoms with Crippen LogP contribution in [0.2, 0.25) is 5.02 Å². The number of aromatic nitrogens is 3. The first-order valence-electron chi connectivity index (χ1n) is 4.66. The van der Waals surface area contributed by atoms with Crippen LogP contribution in [0.1, 0.15) is 10.4 Å². The van der Waals surface area contributed by atoms with Gasteiger partial charge in [-0.15, -0.1) is 5.10 Å². The SMILES string of the molecule is Cn1c(Sc2cc(Cl)ccc2C=O)n[nH]c1=O. The van der Waals surface area contributed by atoms with Crippen molar-refractivity contribution in [3.8, 4) is 0 Å². The number of halogens is 1. The molecule has 0 aliphatic rings. The van der Waals surface area contributed by atoms with Gasteiger partial charge in [0.15, 0.2) is 11.4 Å². The summed E-state index contributed by atoms with van der Waals surface area (Å²) in [5.41, 5.74) is 0.206. The van der Waals surface area contributed by atoms with Crippen LogP contribution >= 0.6 is 23.4 Å². The zero-order valence-corrected chi connectivity index (χ0v) is 10.4. The second kappa shape index (κ2) is 4.77. The highest BCUT2D eigenvalue weighted by Crippen LogP contribution is 2.29. The second-order valence-electron chi connectivity index (χ2n) is 3.27. The summed E-state index contributed by atoms with van der Waals surface area (Å²) in [6, 6.07) is 4.93. The minimum Gasteiger partial charge on any atom is -0.298 e. The fourth-order valence-electron chi connectivity index (χ4n) is 1.22. The molecular weight excluding hydrogens is 262 g/mol. The van der Waals surface area contributed by atoms with Crippen LogP contribution in [0.5, 0.6) is 0 Å². The molecule has 0 spiro atoms. The fraction of sp³-hybridized carbons (Fsp3) is 0.100. The van der Waals surface area contributed by atoms with Gasteiger partial charge >= 0.3 is 5.69 Å². The van der Waals surface area contributed by atoms with Crippen LogP contribution in [-0.2, 0) is 7.05 Å². The number of H-pyrrole nitrogens is 1. The molecular formula is C10H8ClN3O2S. The summed E-state index contributed by atoms with van der Waals surface area (Å²) in [6.07, 6.45) is 0.740. The predicted molar refractivity (Wildman–Crippen MR) is 64.8 cm³/mol. The zero-order valence-electron chi connectivity index (χ0n) is 8.81. The van der Waals surface area contributed by atoms with E-state index in [9.17, 15) is 9.59 Å². The molecule has 0 radical (unpaired) electrons. The van der Waals surface area contributed by atoms with Gasteiger partial charge in [-0.25, -0.2) is 9.89 Å². The summed E-state index contributed by atoms with van der Waals surface area (Å²) in [5, 5.41) is 7.17. The summed E-state index contributed by atoms with van der Waals surface area (Å²) < 4.78 is 1.36. The van der Waals surface area contributed by atoms with Crippen LogP contribution in [0.3, 0.4) is 0 Å². The number of rotatable bonds is 3. The molecule has 0 aliphatic heterocycles. The maximum Gasteiger partial charge on any atom is 0.343 e. The number of hydrogen-bond donors (Lipinski definition) is 1. The Kier molecular flexibility index (Phi) is 3.35. The number of carbonyl (C=O) groups is 1. The van der Waals surface area contributed by atoms with E-state index in [2.05, 4.69) is 10.2 Å².